The zero-order valence-electron chi connectivity index (χ0n) is 14.5. The molecule has 1 amide bonds. The van der Waals surface area contributed by atoms with Crippen molar-refractivity contribution in [3.8, 4) is 0 Å². The van der Waals surface area contributed by atoms with Crippen LogP contribution >= 0.6 is 0 Å². The lowest BCUT2D eigenvalue weighted by Gasteiger charge is -2.21. The van der Waals surface area contributed by atoms with Crippen LogP contribution in [0.15, 0.2) is 29.0 Å². The maximum atomic E-state index is 13.8. The van der Waals surface area contributed by atoms with Gasteiger partial charge in [-0.1, -0.05) is 21.6 Å². The van der Waals surface area contributed by atoms with Gasteiger partial charge in [-0.3, -0.25) is 4.79 Å². The molecule has 0 aliphatic carbocycles. The van der Waals surface area contributed by atoms with E-state index in [1.165, 1.54) is 29.1 Å². The van der Waals surface area contributed by atoms with E-state index < -0.39 is 11.6 Å². The van der Waals surface area contributed by atoms with Crippen LogP contribution in [0.4, 0.5) is 8.78 Å². The molecule has 27 heavy (non-hydrogen) atoms. The molecule has 3 aromatic rings. The molecule has 1 atom stereocenters. The van der Waals surface area contributed by atoms with Crippen LogP contribution in [0.3, 0.4) is 0 Å². The first kappa shape index (κ1) is 17.3. The second-order valence-electron chi connectivity index (χ2n) is 6.39. The van der Waals surface area contributed by atoms with Crippen LogP contribution in [-0.2, 0) is 6.54 Å². The Kier molecular flexibility index (Phi) is 4.38. The number of benzene rings is 1. The Bertz CT molecular complexity index is 965. The van der Waals surface area contributed by atoms with E-state index in [0.29, 0.717) is 17.9 Å². The Labute approximate surface area is 152 Å². The molecule has 0 radical (unpaired) electrons. The number of carbonyl (C=O) groups is 1. The van der Waals surface area contributed by atoms with Gasteiger partial charge in [0.25, 0.3) is 5.91 Å². The van der Waals surface area contributed by atoms with Crippen LogP contribution in [0.2, 0.25) is 0 Å². The minimum absolute atomic E-state index is 0.104. The summed E-state index contributed by atoms with van der Waals surface area (Å²) in [7, 11) is 0. The van der Waals surface area contributed by atoms with Crippen LogP contribution in [0.5, 0.6) is 0 Å². The predicted molar refractivity (Wildman–Crippen MR) is 87.5 cm³/mol. The normalized spacial score (nSPS) is 16.9. The minimum atomic E-state index is -0.674. The minimum Gasteiger partial charge on any atom is -0.328 e. The fourth-order valence-corrected chi connectivity index (χ4v) is 3.30. The van der Waals surface area contributed by atoms with Crippen molar-refractivity contribution in [3.05, 3.63) is 58.7 Å². The monoisotopic (exact) mass is 374 g/mol. The van der Waals surface area contributed by atoms with Crippen LogP contribution < -0.4 is 0 Å². The average Bonchev–Trinajstić information content (AvgIpc) is 3.38. The number of aromatic nitrogens is 5. The Morgan fingerprint density at radius 1 is 1.30 bits per heavy atom. The Morgan fingerprint density at radius 2 is 2.07 bits per heavy atom. The van der Waals surface area contributed by atoms with Gasteiger partial charge < -0.3 is 4.90 Å². The molecular formula is C17H16F2N6O2. The van der Waals surface area contributed by atoms with E-state index in [-0.39, 0.29) is 29.8 Å². The topological polar surface area (TPSA) is 89.9 Å². The second-order valence-corrected chi connectivity index (χ2v) is 6.39. The van der Waals surface area contributed by atoms with Crippen LogP contribution in [0, 0.1) is 18.6 Å². The third kappa shape index (κ3) is 3.18. The molecule has 4 rings (SSSR count). The van der Waals surface area contributed by atoms with E-state index in [1.54, 1.807) is 11.8 Å². The summed E-state index contributed by atoms with van der Waals surface area (Å²) in [5.74, 6) is -1.67. The van der Waals surface area contributed by atoms with E-state index in [9.17, 15) is 13.6 Å². The van der Waals surface area contributed by atoms with Crippen molar-refractivity contribution in [2.75, 3.05) is 6.54 Å². The summed E-state index contributed by atoms with van der Waals surface area (Å²) in [6.07, 6.45) is 2.95. The number of hydrogen-bond donors (Lipinski definition) is 0. The third-order valence-corrected chi connectivity index (χ3v) is 4.66. The Morgan fingerprint density at radius 3 is 2.78 bits per heavy atom. The highest BCUT2D eigenvalue weighted by atomic mass is 19.1. The smallest absolute Gasteiger partial charge is 0.276 e. The Balaban J connectivity index is 1.54. The molecule has 10 heteroatoms. The van der Waals surface area contributed by atoms with Crippen molar-refractivity contribution < 1.29 is 18.2 Å². The first-order chi connectivity index (χ1) is 13.0. The van der Waals surface area contributed by atoms with E-state index in [0.717, 1.165) is 12.8 Å². The van der Waals surface area contributed by atoms with Gasteiger partial charge in [-0.15, -0.1) is 5.10 Å². The molecule has 1 aromatic carbocycles. The molecule has 2 aromatic heterocycles. The highest BCUT2D eigenvalue weighted by Gasteiger charge is 2.35. The lowest BCUT2D eigenvalue weighted by molar-refractivity contribution is 0.0724. The molecule has 0 saturated carbocycles. The van der Waals surface area contributed by atoms with Gasteiger partial charge in [0.2, 0.25) is 0 Å². The predicted octanol–water partition coefficient (Wildman–Crippen LogP) is 2.27. The van der Waals surface area contributed by atoms with Crippen LogP contribution in [0.1, 0.15) is 46.3 Å². The second kappa shape index (κ2) is 6.86. The molecule has 1 fully saturated rings. The van der Waals surface area contributed by atoms with Gasteiger partial charge in [0.05, 0.1) is 18.8 Å². The fourth-order valence-electron chi connectivity index (χ4n) is 3.30. The van der Waals surface area contributed by atoms with Crippen LogP contribution in [0.25, 0.3) is 0 Å². The maximum Gasteiger partial charge on any atom is 0.276 e. The lowest BCUT2D eigenvalue weighted by atomic mass is 10.1. The zero-order chi connectivity index (χ0) is 19.0. The van der Waals surface area contributed by atoms with Gasteiger partial charge in [-0.25, -0.2) is 18.1 Å². The first-order valence-corrected chi connectivity index (χ1v) is 8.47. The number of rotatable bonds is 4. The molecule has 140 valence electrons. The standard InChI is InChI=1S/C17H16F2N6O2/c1-10-16(22-27-21-10)15-6-3-7-25(15)17(26)14-9-24(23-20-14)8-11-12(18)4-2-5-13(11)19/h2,4-5,9,15H,3,6-8H2,1H3. The number of hydrogen-bond acceptors (Lipinski definition) is 6. The summed E-state index contributed by atoms with van der Waals surface area (Å²) in [4.78, 5) is 14.5. The SMILES string of the molecule is Cc1nonc1C1CCCN1C(=O)c1cn(Cc2c(F)cccc2F)nn1. The van der Waals surface area contributed by atoms with Crippen molar-refractivity contribution >= 4 is 5.91 Å². The zero-order valence-corrected chi connectivity index (χ0v) is 14.5. The van der Waals surface area contributed by atoms with Gasteiger partial charge in [-0.2, -0.15) is 0 Å². The number of amides is 1. The van der Waals surface area contributed by atoms with E-state index >= 15 is 0 Å². The summed E-state index contributed by atoms with van der Waals surface area (Å²) in [6.45, 7) is 2.16. The molecule has 0 bridgehead atoms. The lowest BCUT2D eigenvalue weighted by Crippen LogP contribution is -2.31. The largest absolute Gasteiger partial charge is 0.328 e. The first-order valence-electron chi connectivity index (χ1n) is 8.47. The molecule has 3 heterocycles. The number of aryl methyl sites for hydroxylation is 1. The molecule has 0 N–H and O–H groups in total. The number of carbonyl (C=O) groups excluding carboxylic acids is 1. The molecule has 1 unspecified atom stereocenters. The van der Waals surface area contributed by atoms with Gasteiger partial charge in [0.1, 0.15) is 23.0 Å². The Hall–Kier alpha value is -3.17. The van der Waals surface area contributed by atoms with Gasteiger partial charge in [-0.05, 0) is 31.9 Å². The molecular weight excluding hydrogens is 358 g/mol. The van der Waals surface area contributed by atoms with E-state index in [4.69, 9.17) is 4.63 Å². The van der Waals surface area contributed by atoms with Crippen molar-refractivity contribution in [3.63, 3.8) is 0 Å². The molecule has 0 spiro atoms. The summed E-state index contributed by atoms with van der Waals surface area (Å²) in [5, 5.41) is 15.4. The van der Waals surface area contributed by atoms with Crippen LogP contribution in [-0.4, -0.2) is 42.7 Å². The maximum absolute atomic E-state index is 13.8. The van der Waals surface area contributed by atoms with E-state index in [1.807, 2.05) is 0 Å². The number of nitrogens with zero attached hydrogens (tertiary/aromatic N) is 6. The summed E-state index contributed by atoms with van der Waals surface area (Å²) in [5.41, 5.74) is 1.23. The number of likely N-dealkylation sites (tertiary alicyclic amines) is 1. The highest BCUT2D eigenvalue weighted by molar-refractivity contribution is 5.92. The summed E-state index contributed by atoms with van der Waals surface area (Å²) < 4.78 is 33.6. The van der Waals surface area contributed by atoms with E-state index in [2.05, 4.69) is 20.6 Å². The van der Waals surface area contributed by atoms with Crippen molar-refractivity contribution in [2.45, 2.75) is 32.4 Å². The van der Waals surface area contributed by atoms with Crippen molar-refractivity contribution in [1.29, 1.82) is 0 Å². The quantitative estimate of drug-likeness (QED) is 0.696. The summed E-state index contributed by atoms with van der Waals surface area (Å²) in [6, 6.07) is 3.39. The average molecular weight is 374 g/mol. The number of halogens is 2. The van der Waals surface area contributed by atoms with Crippen molar-refractivity contribution in [2.24, 2.45) is 0 Å². The summed E-state index contributed by atoms with van der Waals surface area (Å²) >= 11 is 0. The third-order valence-electron chi connectivity index (χ3n) is 4.66. The van der Waals surface area contributed by atoms with Gasteiger partial charge >= 0.3 is 0 Å². The molecule has 1 aliphatic heterocycles. The fraction of sp³-hybridized carbons (Fsp3) is 0.353. The molecule has 1 aliphatic rings. The van der Waals surface area contributed by atoms with Gasteiger partial charge in [0, 0.05) is 12.1 Å². The van der Waals surface area contributed by atoms with Crippen molar-refractivity contribution in [1.82, 2.24) is 30.2 Å². The molecule has 8 nitrogen and oxygen atoms in total. The highest BCUT2D eigenvalue weighted by Crippen LogP contribution is 2.33. The van der Waals surface area contributed by atoms with Gasteiger partial charge in [0.15, 0.2) is 5.69 Å². The molecule has 1 saturated heterocycles.